The predicted octanol–water partition coefficient (Wildman–Crippen LogP) is 3.19. The summed E-state index contributed by atoms with van der Waals surface area (Å²) in [6, 6.07) is 17.8. The van der Waals surface area contributed by atoms with Crippen LogP contribution in [-0.4, -0.2) is 31.7 Å². The van der Waals surface area contributed by atoms with Gasteiger partial charge in [0, 0.05) is 17.9 Å². The lowest BCUT2D eigenvalue weighted by Gasteiger charge is -2.22. The van der Waals surface area contributed by atoms with Crippen molar-refractivity contribution >= 4 is 15.9 Å². The summed E-state index contributed by atoms with van der Waals surface area (Å²) in [7, 11) is -3.60. The molecule has 0 aliphatic carbocycles. The number of ether oxygens (including phenoxy) is 3. The van der Waals surface area contributed by atoms with Crippen LogP contribution < -0.4 is 18.9 Å². The maximum absolute atomic E-state index is 11.8. The Hall–Kier alpha value is -4.10. The molecular weight excluding hydrogens is 458 g/mol. The van der Waals surface area contributed by atoms with Crippen molar-refractivity contribution in [3.05, 3.63) is 77.6 Å². The lowest BCUT2D eigenvalue weighted by atomic mass is 9.97. The molecule has 3 aromatic rings. The molecule has 5 rings (SSSR count). The van der Waals surface area contributed by atoms with Gasteiger partial charge >= 0.3 is 0 Å². The van der Waals surface area contributed by atoms with E-state index in [1.807, 2.05) is 22.9 Å². The molecule has 2 atom stereocenters. The van der Waals surface area contributed by atoms with Gasteiger partial charge in [0.1, 0.15) is 29.9 Å². The lowest BCUT2D eigenvalue weighted by molar-refractivity contribution is -0.119. The van der Waals surface area contributed by atoms with Crippen LogP contribution in [0.2, 0.25) is 0 Å². The minimum absolute atomic E-state index is 0.125. The standard InChI is InChI=1S/C24H19N3O6S/c25-11-17-6-9-19(12-26-17)33-21-3-1-2-20-22(13-31-24(20)21)32-18-7-4-15(5-8-18)16-10-23(28)27-34(29,30)14-16/h1-9,12,16,22H,10,13-14H2,(H,27,28)/t16?,22-/m1/s1. The van der Waals surface area contributed by atoms with Gasteiger partial charge in [0.25, 0.3) is 0 Å². The molecule has 1 amide bonds. The molecule has 1 unspecified atom stereocenters. The molecule has 0 saturated carbocycles. The number of hydrogen-bond donors (Lipinski definition) is 1. The smallest absolute Gasteiger partial charge is 0.235 e. The van der Waals surface area contributed by atoms with E-state index in [0.717, 1.165) is 11.1 Å². The molecule has 1 aromatic heterocycles. The van der Waals surface area contributed by atoms with Crippen LogP contribution in [0, 0.1) is 11.3 Å². The fourth-order valence-corrected chi connectivity index (χ4v) is 5.36. The number of nitriles is 1. The molecule has 10 heteroatoms. The van der Waals surface area contributed by atoms with E-state index in [0.29, 0.717) is 35.3 Å². The molecule has 0 bridgehead atoms. The summed E-state index contributed by atoms with van der Waals surface area (Å²) in [5, 5.41) is 8.88. The van der Waals surface area contributed by atoms with Crippen molar-refractivity contribution < 1.29 is 27.4 Å². The van der Waals surface area contributed by atoms with Gasteiger partial charge in [0.05, 0.1) is 11.9 Å². The Kier molecular flexibility index (Phi) is 5.55. The average molecular weight is 477 g/mol. The Bertz CT molecular complexity index is 1380. The summed E-state index contributed by atoms with van der Waals surface area (Å²) in [5.41, 5.74) is 1.90. The van der Waals surface area contributed by atoms with Crippen LogP contribution >= 0.6 is 0 Å². The monoisotopic (exact) mass is 477 g/mol. The number of carbonyl (C=O) groups excluding carboxylic acids is 1. The SMILES string of the molecule is N#Cc1ccc(Oc2cccc3c2OC[C@H]3Oc2ccc(C3CC(=O)NS(=O)(=O)C3)cc2)cn1. The number of rotatable bonds is 5. The second kappa shape index (κ2) is 8.68. The van der Waals surface area contributed by atoms with Crippen molar-refractivity contribution in [2.45, 2.75) is 18.4 Å². The highest BCUT2D eigenvalue weighted by Crippen LogP contribution is 2.43. The molecule has 1 N–H and O–H groups in total. The van der Waals surface area contributed by atoms with Gasteiger partial charge < -0.3 is 14.2 Å². The maximum atomic E-state index is 11.8. The van der Waals surface area contributed by atoms with E-state index < -0.39 is 15.9 Å². The van der Waals surface area contributed by atoms with Crippen LogP contribution in [0.5, 0.6) is 23.0 Å². The fourth-order valence-electron chi connectivity index (χ4n) is 4.00. The number of nitrogens with zero attached hydrogens (tertiary/aromatic N) is 2. The fraction of sp³-hybridized carbons (Fsp3) is 0.208. The summed E-state index contributed by atoms with van der Waals surface area (Å²) in [6.07, 6.45) is 1.24. The first-order valence-electron chi connectivity index (χ1n) is 10.5. The third kappa shape index (κ3) is 4.51. The lowest BCUT2D eigenvalue weighted by Crippen LogP contribution is -2.40. The van der Waals surface area contributed by atoms with Gasteiger partial charge in [-0.1, -0.05) is 24.3 Å². The number of pyridine rings is 1. The zero-order valence-corrected chi connectivity index (χ0v) is 18.6. The summed E-state index contributed by atoms with van der Waals surface area (Å²) in [4.78, 5) is 15.7. The Morgan fingerprint density at radius 2 is 1.88 bits per heavy atom. The van der Waals surface area contributed by atoms with Crippen LogP contribution in [0.3, 0.4) is 0 Å². The largest absolute Gasteiger partial charge is 0.485 e. The summed E-state index contributed by atoms with van der Waals surface area (Å²) in [5.74, 6) is 1.16. The van der Waals surface area contributed by atoms with Crippen molar-refractivity contribution in [1.29, 1.82) is 5.26 Å². The summed E-state index contributed by atoms with van der Waals surface area (Å²) >= 11 is 0. The molecule has 172 valence electrons. The quantitative estimate of drug-likeness (QED) is 0.593. The molecule has 0 radical (unpaired) electrons. The van der Waals surface area contributed by atoms with Crippen molar-refractivity contribution in [2.75, 3.05) is 12.4 Å². The molecular formula is C24H19N3O6S. The number of nitrogens with one attached hydrogen (secondary N) is 1. The molecule has 0 spiro atoms. The van der Waals surface area contributed by atoms with E-state index in [4.69, 9.17) is 19.5 Å². The molecule has 2 aliphatic rings. The summed E-state index contributed by atoms with van der Waals surface area (Å²) < 4.78 is 43.5. The van der Waals surface area contributed by atoms with E-state index in [1.165, 1.54) is 6.20 Å². The van der Waals surface area contributed by atoms with Crippen molar-refractivity contribution in [2.24, 2.45) is 0 Å². The van der Waals surface area contributed by atoms with Gasteiger partial charge in [-0.25, -0.2) is 13.4 Å². The molecule has 34 heavy (non-hydrogen) atoms. The second-order valence-electron chi connectivity index (χ2n) is 7.96. The van der Waals surface area contributed by atoms with Crippen LogP contribution in [-0.2, 0) is 14.8 Å². The van der Waals surface area contributed by atoms with Crippen LogP contribution in [0.15, 0.2) is 60.8 Å². The van der Waals surface area contributed by atoms with Gasteiger partial charge in [0.2, 0.25) is 15.9 Å². The molecule has 1 saturated heterocycles. The Balaban J connectivity index is 1.29. The van der Waals surface area contributed by atoms with Crippen molar-refractivity contribution in [3.63, 3.8) is 0 Å². The predicted molar refractivity (Wildman–Crippen MR) is 120 cm³/mol. The average Bonchev–Trinajstić information content (AvgIpc) is 3.22. The second-order valence-corrected chi connectivity index (χ2v) is 9.73. The normalized spacial score (nSPS) is 20.4. The maximum Gasteiger partial charge on any atom is 0.235 e. The zero-order valence-electron chi connectivity index (χ0n) is 17.8. The Morgan fingerprint density at radius 3 is 2.59 bits per heavy atom. The van der Waals surface area contributed by atoms with E-state index in [1.54, 1.807) is 42.5 Å². The molecule has 2 aromatic carbocycles. The van der Waals surface area contributed by atoms with Crippen LogP contribution in [0.25, 0.3) is 0 Å². The Morgan fingerprint density at radius 1 is 1.09 bits per heavy atom. The van der Waals surface area contributed by atoms with E-state index in [-0.39, 0.29) is 24.2 Å². The molecule has 2 aliphatic heterocycles. The first kappa shape index (κ1) is 21.7. The molecule has 3 heterocycles. The minimum Gasteiger partial charge on any atom is -0.485 e. The highest BCUT2D eigenvalue weighted by molar-refractivity contribution is 7.90. The highest BCUT2D eigenvalue weighted by Gasteiger charge is 2.31. The van der Waals surface area contributed by atoms with Gasteiger partial charge in [-0.15, -0.1) is 0 Å². The van der Waals surface area contributed by atoms with E-state index in [2.05, 4.69) is 4.98 Å². The van der Waals surface area contributed by atoms with Crippen LogP contribution in [0.1, 0.15) is 35.3 Å². The molecule has 9 nitrogen and oxygen atoms in total. The van der Waals surface area contributed by atoms with Crippen molar-refractivity contribution in [1.82, 2.24) is 9.71 Å². The van der Waals surface area contributed by atoms with Gasteiger partial charge in [-0.05, 0) is 35.9 Å². The number of hydrogen-bond acceptors (Lipinski definition) is 8. The number of sulfonamides is 1. The highest BCUT2D eigenvalue weighted by atomic mass is 32.2. The van der Waals surface area contributed by atoms with E-state index in [9.17, 15) is 13.2 Å². The van der Waals surface area contributed by atoms with Crippen molar-refractivity contribution in [3.8, 4) is 29.1 Å². The minimum atomic E-state index is -3.60. The first-order chi connectivity index (χ1) is 16.4. The Labute approximate surface area is 196 Å². The van der Waals surface area contributed by atoms with E-state index >= 15 is 0 Å². The number of amides is 1. The number of carbonyl (C=O) groups is 1. The third-order valence-electron chi connectivity index (χ3n) is 5.57. The zero-order chi connectivity index (χ0) is 23.7. The first-order valence-corrected chi connectivity index (χ1v) is 12.1. The number of para-hydroxylation sites is 1. The third-order valence-corrected chi connectivity index (χ3v) is 6.95. The molecule has 1 fully saturated rings. The topological polar surface area (TPSA) is 128 Å². The van der Waals surface area contributed by atoms with Crippen LogP contribution in [0.4, 0.5) is 0 Å². The van der Waals surface area contributed by atoms with Gasteiger partial charge in [-0.3, -0.25) is 9.52 Å². The number of aromatic nitrogens is 1. The van der Waals surface area contributed by atoms with Gasteiger partial charge in [0.15, 0.2) is 17.6 Å². The summed E-state index contributed by atoms with van der Waals surface area (Å²) in [6.45, 7) is 0.296. The van der Waals surface area contributed by atoms with Gasteiger partial charge in [-0.2, -0.15) is 5.26 Å². The number of benzene rings is 2. The number of fused-ring (bicyclic) bond motifs is 1.